The minimum atomic E-state index is -1.01. The van der Waals surface area contributed by atoms with Crippen molar-refractivity contribution in [2.45, 2.75) is 6.10 Å². The summed E-state index contributed by atoms with van der Waals surface area (Å²) in [5.41, 5.74) is 1.28. The zero-order valence-electron chi connectivity index (χ0n) is 17.0. The Morgan fingerprint density at radius 2 is 1.88 bits per heavy atom. The lowest BCUT2D eigenvalue weighted by Crippen LogP contribution is -2.39. The zero-order valence-corrected chi connectivity index (χ0v) is 17.8. The fraction of sp³-hybridized carbons (Fsp3) is 0.0833. The molecule has 8 heteroatoms. The Bertz CT molecular complexity index is 1270. The van der Waals surface area contributed by atoms with Crippen LogP contribution >= 0.6 is 11.6 Å². The van der Waals surface area contributed by atoms with E-state index in [1.165, 1.54) is 30.2 Å². The SMILES string of the molecule is C=CC(Oc1ccc(Oc2nc3ccc(Cl)cc3o2)cc1)C(=O)N(C)c1ccccc1F. The number of amides is 1. The highest BCUT2D eigenvalue weighted by atomic mass is 35.5. The molecule has 0 saturated carbocycles. The Morgan fingerprint density at radius 3 is 2.59 bits per heavy atom. The van der Waals surface area contributed by atoms with Gasteiger partial charge in [0.1, 0.15) is 22.8 Å². The normalized spacial score (nSPS) is 11.7. The molecule has 1 unspecified atom stereocenters. The number of likely N-dealkylation sites (N-methyl/N-ethyl adjacent to an activating group) is 1. The van der Waals surface area contributed by atoms with Crippen molar-refractivity contribution in [3.05, 3.63) is 90.2 Å². The van der Waals surface area contributed by atoms with Crippen molar-refractivity contribution in [3.63, 3.8) is 0 Å². The predicted molar refractivity (Wildman–Crippen MR) is 120 cm³/mol. The van der Waals surface area contributed by atoms with Crippen molar-refractivity contribution >= 4 is 34.3 Å². The van der Waals surface area contributed by atoms with Crippen molar-refractivity contribution in [1.29, 1.82) is 0 Å². The van der Waals surface area contributed by atoms with Gasteiger partial charge in [-0.2, -0.15) is 4.98 Å². The maximum atomic E-state index is 14.0. The second kappa shape index (κ2) is 9.11. The van der Waals surface area contributed by atoms with Crippen molar-refractivity contribution in [2.24, 2.45) is 0 Å². The summed E-state index contributed by atoms with van der Waals surface area (Å²) in [6.07, 6.45) is 0.419. The Morgan fingerprint density at radius 1 is 1.16 bits per heavy atom. The van der Waals surface area contributed by atoms with Gasteiger partial charge in [0, 0.05) is 18.1 Å². The van der Waals surface area contributed by atoms with E-state index < -0.39 is 17.8 Å². The summed E-state index contributed by atoms with van der Waals surface area (Å²) < 4.78 is 30.9. The van der Waals surface area contributed by atoms with Crippen LogP contribution in [-0.4, -0.2) is 24.0 Å². The van der Waals surface area contributed by atoms with E-state index in [-0.39, 0.29) is 11.8 Å². The Labute approximate surface area is 188 Å². The topological polar surface area (TPSA) is 64.8 Å². The number of rotatable bonds is 7. The third kappa shape index (κ3) is 4.58. The van der Waals surface area contributed by atoms with Crippen LogP contribution in [0.1, 0.15) is 0 Å². The fourth-order valence-electron chi connectivity index (χ4n) is 2.99. The number of para-hydroxylation sites is 1. The van der Waals surface area contributed by atoms with E-state index in [2.05, 4.69) is 11.6 Å². The third-order valence-electron chi connectivity index (χ3n) is 4.62. The van der Waals surface area contributed by atoms with Crippen LogP contribution in [0.25, 0.3) is 11.1 Å². The molecule has 0 aliphatic carbocycles. The lowest BCUT2D eigenvalue weighted by Gasteiger charge is -2.23. The van der Waals surface area contributed by atoms with Crippen molar-refractivity contribution < 1.29 is 23.1 Å². The third-order valence-corrected chi connectivity index (χ3v) is 4.86. The Hall–Kier alpha value is -3.84. The fourth-order valence-corrected chi connectivity index (χ4v) is 3.15. The van der Waals surface area contributed by atoms with Gasteiger partial charge >= 0.3 is 6.08 Å². The molecule has 6 nitrogen and oxygen atoms in total. The van der Waals surface area contributed by atoms with Crippen molar-refractivity contribution in [3.8, 4) is 17.6 Å². The molecule has 3 aromatic carbocycles. The summed E-state index contributed by atoms with van der Waals surface area (Å²) in [7, 11) is 1.48. The first-order valence-corrected chi connectivity index (χ1v) is 9.98. The second-order valence-corrected chi connectivity index (χ2v) is 7.22. The van der Waals surface area contributed by atoms with E-state index in [0.29, 0.717) is 27.6 Å². The molecule has 0 spiro atoms. The van der Waals surface area contributed by atoms with E-state index in [1.54, 1.807) is 54.6 Å². The number of ether oxygens (including phenoxy) is 2. The smallest absolute Gasteiger partial charge is 0.400 e. The van der Waals surface area contributed by atoms with Crippen LogP contribution in [0.5, 0.6) is 17.6 Å². The van der Waals surface area contributed by atoms with E-state index in [4.69, 9.17) is 25.5 Å². The van der Waals surface area contributed by atoms with Gasteiger partial charge in [-0.3, -0.25) is 4.79 Å². The van der Waals surface area contributed by atoms with Crippen LogP contribution in [0, 0.1) is 5.82 Å². The van der Waals surface area contributed by atoms with Crippen LogP contribution in [0.15, 0.2) is 83.8 Å². The van der Waals surface area contributed by atoms with Gasteiger partial charge < -0.3 is 18.8 Å². The highest BCUT2D eigenvalue weighted by Crippen LogP contribution is 2.28. The van der Waals surface area contributed by atoms with E-state index in [9.17, 15) is 9.18 Å². The van der Waals surface area contributed by atoms with Crippen LogP contribution in [0.4, 0.5) is 10.1 Å². The molecule has 0 aliphatic heterocycles. The summed E-state index contributed by atoms with van der Waals surface area (Å²) in [6, 6.07) is 17.6. The number of carbonyl (C=O) groups excluding carboxylic acids is 1. The summed E-state index contributed by atoms with van der Waals surface area (Å²) in [6.45, 7) is 3.66. The number of aromatic nitrogens is 1. The lowest BCUT2D eigenvalue weighted by molar-refractivity contribution is -0.123. The Kier molecular flexibility index (Phi) is 6.09. The van der Waals surface area contributed by atoms with Gasteiger partial charge in [0.25, 0.3) is 5.91 Å². The number of benzene rings is 3. The quantitative estimate of drug-likeness (QED) is 0.321. The van der Waals surface area contributed by atoms with E-state index >= 15 is 0 Å². The summed E-state index contributed by atoms with van der Waals surface area (Å²) in [4.78, 5) is 18.2. The van der Waals surface area contributed by atoms with Gasteiger partial charge in [-0.05, 0) is 54.6 Å². The van der Waals surface area contributed by atoms with Gasteiger partial charge in [0.05, 0.1) is 5.69 Å². The Balaban J connectivity index is 1.44. The molecule has 4 rings (SSSR count). The second-order valence-electron chi connectivity index (χ2n) is 6.79. The molecule has 1 aromatic heterocycles. The summed E-state index contributed by atoms with van der Waals surface area (Å²) in [5, 5.41) is 0.536. The maximum absolute atomic E-state index is 14.0. The molecule has 1 heterocycles. The molecular weight excluding hydrogens is 435 g/mol. The van der Waals surface area contributed by atoms with Crippen molar-refractivity contribution in [1.82, 2.24) is 4.98 Å². The number of hydrogen-bond acceptors (Lipinski definition) is 5. The number of carbonyl (C=O) groups is 1. The average molecular weight is 453 g/mol. The minimum Gasteiger partial charge on any atom is -0.476 e. The van der Waals surface area contributed by atoms with Crippen molar-refractivity contribution in [2.75, 3.05) is 11.9 Å². The van der Waals surface area contributed by atoms with Crippen LogP contribution in [0.2, 0.25) is 5.02 Å². The molecule has 0 saturated heterocycles. The average Bonchev–Trinajstić information content (AvgIpc) is 3.19. The van der Waals surface area contributed by atoms with Gasteiger partial charge in [0.15, 0.2) is 11.7 Å². The number of halogens is 2. The monoisotopic (exact) mass is 452 g/mol. The largest absolute Gasteiger partial charge is 0.476 e. The van der Waals surface area contributed by atoms with Gasteiger partial charge in [-0.15, -0.1) is 0 Å². The number of oxazole rings is 1. The molecule has 0 N–H and O–H groups in total. The van der Waals surface area contributed by atoms with Crippen LogP contribution in [-0.2, 0) is 4.79 Å². The zero-order chi connectivity index (χ0) is 22.7. The molecule has 0 fully saturated rings. The molecule has 162 valence electrons. The lowest BCUT2D eigenvalue weighted by atomic mass is 10.2. The van der Waals surface area contributed by atoms with Gasteiger partial charge in [0.2, 0.25) is 0 Å². The van der Waals surface area contributed by atoms with E-state index in [1.807, 2.05) is 0 Å². The number of anilines is 1. The molecule has 1 atom stereocenters. The highest BCUT2D eigenvalue weighted by Gasteiger charge is 2.23. The van der Waals surface area contributed by atoms with Crippen LogP contribution < -0.4 is 14.4 Å². The standard InChI is InChI=1S/C24H18ClFN2O4/c1-3-21(23(29)28(2)20-7-5-4-6-18(20)26)30-16-9-11-17(12-10-16)31-24-27-19-13-8-15(25)14-22(19)32-24/h3-14,21H,1H2,2H3. The molecule has 1 amide bonds. The number of hydrogen-bond donors (Lipinski definition) is 0. The first-order chi connectivity index (χ1) is 15.4. The van der Waals surface area contributed by atoms with Gasteiger partial charge in [-0.25, -0.2) is 4.39 Å². The molecular formula is C24H18ClFN2O4. The molecule has 0 aliphatic rings. The molecule has 32 heavy (non-hydrogen) atoms. The molecule has 0 bridgehead atoms. The van der Waals surface area contributed by atoms with E-state index in [0.717, 1.165) is 0 Å². The predicted octanol–water partition coefficient (Wildman–Crippen LogP) is 6.01. The highest BCUT2D eigenvalue weighted by molar-refractivity contribution is 6.31. The maximum Gasteiger partial charge on any atom is 0.400 e. The van der Waals surface area contributed by atoms with Crippen LogP contribution in [0.3, 0.4) is 0 Å². The minimum absolute atomic E-state index is 0.0709. The molecule has 0 radical (unpaired) electrons. The van der Waals surface area contributed by atoms with Gasteiger partial charge in [-0.1, -0.05) is 30.3 Å². The number of nitrogens with zero attached hydrogens (tertiary/aromatic N) is 2. The number of fused-ring (bicyclic) bond motifs is 1. The summed E-state index contributed by atoms with van der Waals surface area (Å²) in [5.74, 6) is -0.105. The first kappa shape index (κ1) is 21.4. The molecule has 4 aromatic rings. The first-order valence-electron chi connectivity index (χ1n) is 9.60. The summed E-state index contributed by atoms with van der Waals surface area (Å²) >= 11 is 5.95.